The van der Waals surface area contributed by atoms with Gasteiger partial charge in [-0.1, -0.05) is 6.07 Å². The lowest BCUT2D eigenvalue weighted by Gasteiger charge is -2.32. The number of nitrogens with zero attached hydrogens (tertiary/aromatic N) is 2. The van der Waals surface area contributed by atoms with Gasteiger partial charge in [-0.05, 0) is 43.4 Å². The molecule has 0 bridgehead atoms. The molecular formula is C19H20N4O2S. The maximum absolute atomic E-state index is 12.9. The maximum atomic E-state index is 12.9. The van der Waals surface area contributed by atoms with Gasteiger partial charge in [-0.3, -0.25) is 9.59 Å². The molecule has 1 aromatic carbocycles. The van der Waals surface area contributed by atoms with Gasteiger partial charge in [0.2, 0.25) is 5.91 Å². The number of aromatic nitrogens is 2. The van der Waals surface area contributed by atoms with Crippen molar-refractivity contribution in [3.8, 4) is 0 Å². The number of carbonyl (C=O) groups excluding carboxylic acids is 2. The van der Waals surface area contributed by atoms with E-state index >= 15 is 0 Å². The monoisotopic (exact) mass is 368 g/mol. The molecule has 1 fully saturated rings. The van der Waals surface area contributed by atoms with Crippen LogP contribution in [0, 0.1) is 12.8 Å². The van der Waals surface area contributed by atoms with Crippen LogP contribution in [0.1, 0.15) is 28.1 Å². The molecule has 1 aliphatic heterocycles. The molecule has 6 nitrogen and oxygen atoms in total. The van der Waals surface area contributed by atoms with Crippen LogP contribution >= 0.6 is 11.3 Å². The summed E-state index contributed by atoms with van der Waals surface area (Å²) < 4.78 is 0. The number of hydrogen-bond donors (Lipinski definition) is 2. The fourth-order valence-corrected chi connectivity index (χ4v) is 4.03. The number of anilines is 1. The first-order chi connectivity index (χ1) is 12.6. The zero-order valence-electron chi connectivity index (χ0n) is 14.5. The van der Waals surface area contributed by atoms with E-state index in [1.54, 1.807) is 11.1 Å². The van der Waals surface area contributed by atoms with Crippen LogP contribution in [0.2, 0.25) is 0 Å². The number of amides is 2. The number of fused-ring (bicyclic) bond motifs is 1. The summed E-state index contributed by atoms with van der Waals surface area (Å²) in [4.78, 5) is 35.6. The Labute approximate surface area is 155 Å². The Morgan fingerprint density at radius 2 is 2.23 bits per heavy atom. The Morgan fingerprint density at radius 1 is 1.35 bits per heavy atom. The fraction of sp³-hybridized carbons (Fsp3) is 0.316. The number of aromatic amines is 1. The van der Waals surface area contributed by atoms with Crippen LogP contribution < -0.4 is 5.32 Å². The lowest BCUT2D eigenvalue weighted by molar-refractivity contribution is -0.121. The predicted molar refractivity (Wildman–Crippen MR) is 102 cm³/mol. The molecular weight excluding hydrogens is 348 g/mol. The summed E-state index contributed by atoms with van der Waals surface area (Å²) in [5.74, 6) is -0.285. The van der Waals surface area contributed by atoms with E-state index in [4.69, 9.17) is 0 Å². The van der Waals surface area contributed by atoms with Crippen LogP contribution in [0.4, 0.5) is 5.13 Å². The molecule has 0 spiro atoms. The smallest absolute Gasteiger partial charge is 0.253 e. The second-order valence-electron chi connectivity index (χ2n) is 6.64. The molecule has 3 aromatic rings. The first-order valence-corrected chi connectivity index (χ1v) is 9.51. The normalized spacial score (nSPS) is 17.4. The molecule has 1 aliphatic rings. The highest BCUT2D eigenvalue weighted by atomic mass is 32.1. The van der Waals surface area contributed by atoms with Crippen LogP contribution in [0.5, 0.6) is 0 Å². The number of likely N-dealkylation sites (tertiary alicyclic amines) is 1. The van der Waals surface area contributed by atoms with Crippen molar-refractivity contribution < 1.29 is 9.59 Å². The van der Waals surface area contributed by atoms with E-state index in [1.165, 1.54) is 11.3 Å². The minimum Gasteiger partial charge on any atom is -0.361 e. The molecule has 3 heterocycles. The first-order valence-electron chi connectivity index (χ1n) is 8.70. The quantitative estimate of drug-likeness (QED) is 0.743. The van der Waals surface area contributed by atoms with E-state index < -0.39 is 0 Å². The minimum absolute atomic E-state index is 0.0240. The number of rotatable bonds is 3. The largest absolute Gasteiger partial charge is 0.361 e. The van der Waals surface area contributed by atoms with E-state index in [0.717, 1.165) is 28.6 Å². The van der Waals surface area contributed by atoms with E-state index in [1.807, 2.05) is 37.4 Å². The van der Waals surface area contributed by atoms with Crippen LogP contribution in [-0.4, -0.2) is 39.8 Å². The molecule has 2 amide bonds. The molecule has 2 N–H and O–H groups in total. The van der Waals surface area contributed by atoms with Crippen LogP contribution in [0.25, 0.3) is 10.9 Å². The van der Waals surface area contributed by atoms with E-state index in [2.05, 4.69) is 15.3 Å². The van der Waals surface area contributed by atoms with Crippen LogP contribution in [-0.2, 0) is 4.79 Å². The number of thiazole rings is 1. The summed E-state index contributed by atoms with van der Waals surface area (Å²) in [6, 6.07) is 7.64. The highest BCUT2D eigenvalue weighted by Crippen LogP contribution is 2.23. The number of nitrogens with one attached hydrogen (secondary N) is 2. The second kappa shape index (κ2) is 6.92. The van der Waals surface area contributed by atoms with Crippen molar-refractivity contribution >= 4 is 39.2 Å². The number of carbonyl (C=O) groups is 2. The van der Waals surface area contributed by atoms with Gasteiger partial charge in [0.15, 0.2) is 5.13 Å². The van der Waals surface area contributed by atoms with Gasteiger partial charge >= 0.3 is 0 Å². The standard InChI is InChI=1S/C19H20N4O2S/c1-12-10-21-19(26-12)22-17(24)15-3-2-8-23(11-15)18(25)14-5-4-13-6-7-20-16(13)9-14/h4-7,9-10,15,20H,2-3,8,11H2,1H3,(H,21,22,24). The molecule has 1 atom stereocenters. The Kier molecular flexibility index (Phi) is 4.46. The minimum atomic E-state index is -0.203. The summed E-state index contributed by atoms with van der Waals surface area (Å²) in [6.45, 7) is 3.08. The van der Waals surface area contributed by atoms with Crippen LogP contribution in [0.3, 0.4) is 0 Å². The Bertz CT molecular complexity index is 961. The van der Waals surface area contributed by atoms with Crippen LogP contribution in [0.15, 0.2) is 36.7 Å². The number of benzene rings is 1. The number of aryl methyl sites for hydroxylation is 1. The maximum Gasteiger partial charge on any atom is 0.253 e. The molecule has 1 saturated heterocycles. The number of piperidine rings is 1. The summed E-state index contributed by atoms with van der Waals surface area (Å²) in [5.41, 5.74) is 1.60. The van der Waals surface area contributed by atoms with Gasteiger partial charge < -0.3 is 15.2 Å². The lowest BCUT2D eigenvalue weighted by Crippen LogP contribution is -2.43. The molecule has 0 aliphatic carbocycles. The highest BCUT2D eigenvalue weighted by molar-refractivity contribution is 7.15. The third-order valence-corrected chi connectivity index (χ3v) is 5.56. The number of H-pyrrole nitrogens is 1. The molecule has 0 radical (unpaired) electrons. The van der Waals surface area contributed by atoms with E-state index in [0.29, 0.717) is 23.8 Å². The fourth-order valence-electron chi connectivity index (χ4n) is 3.36. The van der Waals surface area contributed by atoms with Gasteiger partial charge in [0.1, 0.15) is 0 Å². The van der Waals surface area contributed by atoms with Crippen molar-refractivity contribution in [3.05, 3.63) is 47.1 Å². The molecule has 7 heteroatoms. The number of hydrogen-bond acceptors (Lipinski definition) is 4. The van der Waals surface area contributed by atoms with Crippen molar-refractivity contribution in [2.45, 2.75) is 19.8 Å². The van der Waals surface area contributed by atoms with Crippen molar-refractivity contribution in [1.82, 2.24) is 14.9 Å². The van der Waals surface area contributed by atoms with E-state index in [9.17, 15) is 9.59 Å². The molecule has 1 unspecified atom stereocenters. The van der Waals surface area contributed by atoms with Gasteiger partial charge in [0.25, 0.3) is 5.91 Å². The molecule has 26 heavy (non-hydrogen) atoms. The zero-order chi connectivity index (χ0) is 18.1. The summed E-state index contributed by atoms with van der Waals surface area (Å²) >= 11 is 1.46. The van der Waals surface area contributed by atoms with Crippen molar-refractivity contribution in [2.75, 3.05) is 18.4 Å². The Morgan fingerprint density at radius 3 is 3.04 bits per heavy atom. The summed E-state index contributed by atoms with van der Waals surface area (Å²) in [6.07, 6.45) is 5.22. The lowest BCUT2D eigenvalue weighted by atomic mass is 9.96. The summed E-state index contributed by atoms with van der Waals surface area (Å²) in [5, 5.41) is 4.58. The predicted octanol–water partition coefficient (Wildman–Crippen LogP) is 3.42. The zero-order valence-corrected chi connectivity index (χ0v) is 15.3. The van der Waals surface area contributed by atoms with Gasteiger partial charge in [-0.2, -0.15) is 0 Å². The average Bonchev–Trinajstić information content (AvgIpc) is 3.29. The first kappa shape index (κ1) is 16.8. The molecule has 2 aromatic heterocycles. The molecule has 4 rings (SSSR count). The van der Waals surface area contributed by atoms with E-state index in [-0.39, 0.29) is 17.7 Å². The van der Waals surface area contributed by atoms with Crippen molar-refractivity contribution in [1.29, 1.82) is 0 Å². The van der Waals surface area contributed by atoms with Crippen molar-refractivity contribution in [3.63, 3.8) is 0 Å². The van der Waals surface area contributed by atoms with Gasteiger partial charge in [-0.25, -0.2) is 4.98 Å². The Balaban J connectivity index is 1.45. The third kappa shape index (κ3) is 3.35. The van der Waals surface area contributed by atoms with Gasteiger partial charge in [0, 0.05) is 41.4 Å². The third-order valence-electron chi connectivity index (χ3n) is 4.73. The van der Waals surface area contributed by atoms with Crippen molar-refractivity contribution in [2.24, 2.45) is 5.92 Å². The van der Waals surface area contributed by atoms with Gasteiger partial charge in [0.05, 0.1) is 5.92 Å². The molecule has 134 valence electrons. The Hall–Kier alpha value is -2.67. The average molecular weight is 368 g/mol. The highest BCUT2D eigenvalue weighted by Gasteiger charge is 2.29. The molecule has 0 saturated carbocycles. The SMILES string of the molecule is Cc1cnc(NC(=O)C2CCCN(C(=O)c3ccc4cc[nH]c4c3)C2)s1. The second-order valence-corrected chi connectivity index (χ2v) is 7.87. The van der Waals surface area contributed by atoms with Gasteiger partial charge in [-0.15, -0.1) is 11.3 Å². The topological polar surface area (TPSA) is 78.1 Å². The summed E-state index contributed by atoms with van der Waals surface area (Å²) in [7, 11) is 0.